The number of anilines is 1. The summed E-state index contributed by atoms with van der Waals surface area (Å²) in [5.74, 6) is 0. The van der Waals surface area contributed by atoms with Crippen molar-refractivity contribution in [3.8, 4) is 0 Å². The van der Waals surface area contributed by atoms with E-state index in [9.17, 15) is 30.3 Å². The van der Waals surface area contributed by atoms with Crippen LogP contribution in [-0.2, 0) is 0 Å². The zero-order valence-corrected chi connectivity index (χ0v) is 7.52. The lowest BCUT2D eigenvalue weighted by molar-refractivity contribution is -0.424. The summed E-state index contributed by atoms with van der Waals surface area (Å²) in [5, 5.41) is 31.3. The fraction of sp³-hybridized carbons (Fsp3) is 0. The van der Waals surface area contributed by atoms with E-state index in [1.165, 1.54) is 0 Å². The van der Waals surface area contributed by atoms with Crippen LogP contribution >= 0.6 is 0 Å². The second-order valence-electron chi connectivity index (χ2n) is 2.67. The number of nitro benzene ring substituents is 3. The van der Waals surface area contributed by atoms with Crippen molar-refractivity contribution in [2.24, 2.45) is 0 Å². The normalized spacial score (nSPS) is 9.75. The van der Waals surface area contributed by atoms with Gasteiger partial charge in [0.1, 0.15) is 11.8 Å². The minimum atomic E-state index is -1.08. The molecule has 16 heavy (non-hydrogen) atoms. The van der Waals surface area contributed by atoms with Gasteiger partial charge in [-0.2, -0.15) is 0 Å². The van der Waals surface area contributed by atoms with Gasteiger partial charge < -0.3 is 5.73 Å². The van der Waals surface area contributed by atoms with E-state index in [2.05, 4.69) is 0 Å². The molecule has 0 atom stereocenters. The summed E-state index contributed by atoms with van der Waals surface area (Å²) >= 11 is 0. The maximum absolute atomic E-state index is 10.5. The molecule has 0 aliphatic rings. The molecule has 0 unspecified atom stereocenters. The summed E-state index contributed by atoms with van der Waals surface area (Å²) in [7, 11) is 0. The van der Waals surface area contributed by atoms with Crippen molar-refractivity contribution >= 4 is 22.7 Å². The Morgan fingerprint density at radius 1 is 0.812 bits per heavy atom. The van der Waals surface area contributed by atoms with Crippen molar-refractivity contribution in [1.29, 1.82) is 0 Å². The molecule has 0 spiro atoms. The van der Waals surface area contributed by atoms with E-state index >= 15 is 0 Å². The van der Waals surface area contributed by atoms with Crippen molar-refractivity contribution in [1.82, 2.24) is 0 Å². The zero-order chi connectivity index (χ0) is 12.5. The Hall–Kier alpha value is -2.78. The van der Waals surface area contributed by atoms with Gasteiger partial charge in [0, 0.05) is 0 Å². The summed E-state index contributed by atoms with van der Waals surface area (Å²) in [5.41, 5.74) is 2.08. The second-order valence-corrected chi connectivity index (χ2v) is 2.67. The van der Waals surface area contributed by atoms with E-state index in [1.807, 2.05) is 0 Å². The van der Waals surface area contributed by atoms with Gasteiger partial charge in [-0.1, -0.05) is 0 Å². The summed E-state index contributed by atoms with van der Waals surface area (Å²) in [6, 6.07) is 1.06. The maximum Gasteiger partial charge on any atom is 0.353 e. The first kappa shape index (κ1) is 11.3. The largest absolute Gasteiger partial charge is 0.393 e. The van der Waals surface area contributed by atoms with E-state index in [0.29, 0.717) is 12.1 Å². The molecule has 84 valence electrons. The van der Waals surface area contributed by atoms with E-state index in [-0.39, 0.29) is 0 Å². The third-order valence-corrected chi connectivity index (χ3v) is 1.71. The quantitative estimate of drug-likeness (QED) is 0.459. The Labute approximate surface area is 86.7 Å². The number of nitrogens with two attached hydrogens (primary N) is 1. The SMILES string of the molecule is Nc1cc([N+](=O)[O-])c([N+](=O)[O-])cc1[N+](=O)[O-]. The summed E-state index contributed by atoms with van der Waals surface area (Å²) in [6.07, 6.45) is 0. The molecule has 10 nitrogen and oxygen atoms in total. The molecule has 0 saturated carbocycles. The van der Waals surface area contributed by atoms with Crippen molar-refractivity contribution in [2.45, 2.75) is 0 Å². The lowest BCUT2D eigenvalue weighted by Gasteiger charge is -1.98. The highest BCUT2D eigenvalue weighted by molar-refractivity contribution is 5.70. The lowest BCUT2D eigenvalue weighted by Crippen LogP contribution is -2.01. The third kappa shape index (κ3) is 1.84. The molecule has 1 aromatic carbocycles. The first-order chi connectivity index (χ1) is 7.34. The van der Waals surface area contributed by atoms with E-state index in [4.69, 9.17) is 5.73 Å². The van der Waals surface area contributed by atoms with Crippen molar-refractivity contribution in [3.63, 3.8) is 0 Å². The van der Waals surface area contributed by atoms with Crippen molar-refractivity contribution in [3.05, 3.63) is 42.5 Å². The lowest BCUT2D eigenvalue weighted by atomic mass is 10.2. The van der Waals surface area contributed by atoms with Gasteiger partial charge in [-0.3, -0.25) is 30.3 Å². The number of nitrogen functional groups attached to an aromatic ring is 1. The molecule has 10 heteroatoms. The van der Waals surface area contributed by atoms with Gasteiger partial charge in [0.05, 0.1) is 20.8 Å². The van der Waals surface area contributed by atoms with Crippen LogP contribution < -0.4 is 5.73 Å². The molecular weight excluding hydrogens is 224 g/mol. The predicted octanol–water partition coefficient (Wildman–Crippen LogP) is 0.993. The summed E-state index contributed by atoms with van der Waals surface area (Å²) in [4.78, 5) is 28.2. The number of nitro groups is 3. The molecule has 1 aromatic rings. The standard InChI is InChI=1S/C6H4N4O6/c7-3-1-5(9(13)14)6(10(15)16)2-4(3)8(11)12/h1-2H,7H2. The maximum atomic E-state index is 10.5. The summed E-state index contributed by atoms with van der Waals surface area (Å²) in [6.45, 7) is 0. The Balaban J connectivity index is 3.55. The number of hydrogen-bond acceptors (Lipinski definition) is 7. The Morgan fingerprint density at radius 2 is 1.19 bits per heavy atom. The predicted molar refractivity (Wildman–Crippen MR) is 50.8 cm³/mol. The molecule has 0 fully saturated rings. The van der Waals surface area contributed by atoms with Gasteiger partial charge in [-0.25, -0.2) is 0 Å². The van der Waals surface area contributed by atoms with Crippen LogP contribution in [0.5, 0.6) is 0 Å². The number of nitrogens with zero attached hydrogens (tertiary/aromatic N) is 3. The van der Waals surface area contributed by atoms with Gasteiger partial charge in [0.15, 0.2) is 0 Å². The molecule has 0 aromatic heterocycles. The molecule has 0 aliphatic heterocycles. The molecule has 0 amide bonds. The van der Waals surface area contributed by atoms with E-state index < -0.39 is 37.5 Å². The molecule has 0 bridgehead atoms. The highest BCUT2D eigenvalue weighted by Crippen LogP contribution is 2.35. The van der Waals surface area contributed by atoms with Gasteiger partial charge in [0.25, 0.3) is 5.69 Å². The fourth-order valence-electron chi connectivity index (χ4n) is 1.03. The van der Waals surface area contributed by atoms with Crippen LogP contribution in [-0.4, -0.2) is 14.8 Å². The van der Waals surface area contributed by atoms with Crippen LogP contribution in [0.4, 0.5) is 22.7 Å². The van der Waals surface area contributed by atoms with Gasteiger partial charge >= 0.3 is 11.4 Å². The molecule has 0 heterocycles. The van der Waals surface area contributed by atoms with Crippen LogP contribution in [0.2, 0.25) is 0 Å². The topological polar surface area (TPSA) is 155 Å². The summed E-state index contributed by atoms with van der Waals surface area (Å²) < 4.78 is 0. The zero-order valence-electron chi connectivity index (χ0n) is 7.52. The Bertz CT molecular complexity index is 498. The highest BCUT2D eigenvalue weighted by Gasteiger charge is 2.30. The third-order valence-electron chi connectivity index (χ3n) is 1.71. The average molecular weight is 228 g/mol. The van der Waals surface area contributed by atoms with Crippen LogP contribution in [0.25, 0.3) is 0 Å². The van der Waals surface area contributed by atoms with Crippen LogP contribution in [0, 0.1) is 30.3 Å². The van der Waals surface area contributed by atoms with Crippen LogP contribution in [0.1, 0.15) is 0 Å². The van der Waals surface area contributed by atoms with Gasteiger partial charge in [-0.05, 0) is 0 Å². The number of hydrogen-bond donors (Lipinski definition) is 1. The molecule has 2 N–H and O–H groups in total. The first-order valence-electron chi connectivity index (χ1n) is 3.71. The van der Waals surface area contributed by atoms with Gasteiger partial charge in [0.2, 0.25) is 0 Å². The second kappa shape index (κ2) is 3.76. The smallest absolute Gasteiger partial charge is 0.353 e. The Morgan fingerprint density at radius 3 is 1.56 bits per heavy atom. The number of benzene rings is 1. The molecule has 0 radical (unpaired) electrons. The van der Waals surface area contributed by atoms with E-state index in [0.717, 1.165) is 0 Å². The molecular formula is C6H4N4O6. The molecule has 0 saturated heterocycles. The molecule has 1 rings (SSSR count). The minimum absolute atomic E-state index is 0.466. The minimum Gasteiger partial charge on any atom is -0.393 e. The first-order valence-corrected chi connectivity index (χ1v) is 3.71. The Kier molecular flexibility index (Phi) is 2.66. The van der Waals surface area contributed by atoms with Crippen LogP contribution in [0.15, 0.2) is 12.1 Å². The van der Waals surface area contributed by atoms with Crippen molar-refractivity contribution < 1.29 is 14.8 Å². The number of rotatable bonds is 3. The highest BCUT2D eigenvalue weighted by atomic mass is 16.6. The monoisotopic (exact) mass is 228 g/mol. The molecule has 0 aliphatic carbocycles. The van der Waals surface area contributed by atoms with Crippen molar-refractivity contribution in [2.75, 3.05) is 5.73 Å². The fourth-order valence-corrected chi connectivity index (χ4v) is 1.03. The van der Waals surface area contributed by atoms with E-state index in [1.54, 1.807) is 0 Å². The van der Waals surface area contributed by atoms with Crippen LogP contribution in [0.3, 0.4) is 0 Å². The average Bonchev–Trinajstić information content (AvgIpc) is 2.15. The van der Waals surface area contributed by atoms with Gasteiger partial charge in [-0.15, -0.1) is 0 Å².